The molecule has 0 aliphatic heterocycles. The van der Waals surface area contributed by atoms with E-state index in [0.717, 1.165) is 38.0 Å². The van der Waals surface area contributed by atoms with Gasteiger partial charge in [0.2, 0.25) is 0 Å². The lowest BCUT2D eigenvalue weighted by molar-refractivity contribution is 0.475. The van der Waals surface area contributed by atoms with Crippen molar-refractivity contribution in [1.29, 1.82) is 0 Å². The third kappa shape index (κ3) is 5.53. The molecule has 0 atom stereocenters. The van der Waals surface area contributed by atoms with Gasteiger partial charge in [-0.15, -0.1) is 0 Å². The van der Waals surface area contributed by atoms with E-state index in [4.69, 9.17) is 10.8 Å². The number of nitrogens with two attached hydrogens (primary N) is 1. The zero-order valence-electron chi connectivity index (χ0n) is 9.52. The van der Waals surface area contributed by atoms with Crippen molar-refractivity contribution in [3.05, 3.63) is 35.9 Å². The zero-order valence-corrected chi connectivity index (χ0v) is 9.52. The van der Waals surface area contributed by atoms with Gasteiger partial charge < -0.3 is 16.2 Å². The van der Waals surface area contributed by atoms with Crippen molar-refractivity contribution < 1.29 is 5.11 Å². The predicted molar refractivity (Wildman–Crippen MR) is 68.3 cm³/mol. The highest BCUT2D eigenvalue weighted by molar-refractivity contribution is 5.50. The van der Waals surface area contributed by atoms with Gasteiger partial charge in [0.1, 0.15) is 5.75 Å². The van der Waals surface area contributed by atoms with Crippen LogP contribution < -0.4 is 11.1 Å². The smallest absolute Gasteiger partial charge is 0.115 e. The van der Waals surface area contributed by atoms with Crippen molar-refractivity contribution in [2.75, 3.05) is 19.6 Å². The Balaban J connectivity index is 2.14. The number of phenolic OH excluding ortho intramolecular Hbond substituents is 1. The summed E-state index contributed by atoms with van der Waals surface area (Å²) < 4.78 is 0. The molecule has 1 aromatic rings. The maximum absolute atomic E-state index is 9.10. The number of rotatable bonds is 7. The van der Waals surface area contributed by atoms with Crippen LogP contribution in [0.2, 0.25) is 0 Å². The third-order valence-corrected chi connectivity index (χ3v) is 2.27. The molecular weight excluding hydrogens is 200 g/mol. The first kappa shape index (κ1) is 12.7. The van der Waals surface area contributed by atoms with Gasteiger partial charge in [-0.3, -0.25) is 0 Å². The Hall–Kier alpha value is -1.32. The van der Waals surface area contributed by atoms with Crippen molar-refractivity contribution in [3.63, 3.8) is 0 Å². The van der Waals surface area contributed by atoms with Gasteiger partial charge >= 0.3 is 0 Å². The van der Waals surface area contributed by atoms with Gasteiger partial charge in [0.25, 0.3) is 0 Å². The van der Waals surface area contributed by atoms with Crippen LogP contribution in [0.1, 0.15) is 18.4 Å². The van der Waals surface area contributed by atoms with Crippen LogP contribution in [-0.4, -0.2) is 24.7 Å². The maximum atomic E-state index is 9.10. The highest BCUT2D eigenvalue weighted by Crippen LogP contribution is 2.10. The van der Waals surface area contributed by atoms with Gasteiger partial charge in [-0.25, -0.2) is 0 Å². The van der Waals surface area contributed by atoms with Crippen LogP contribution in [0.15, 0.2) is 30.3 Å². The summed E-state index contributed by atoms with van der Waals surface area (Å²) in [5.74, 6) is 0.303. The molecule has 0 radical (unpaired) electrons. The van der Waals surface area contributed by atoms with E-state index < -0.39 is 0 Å². The Morgan fingerprint density at radius 2 is 1.94 bits per heavy atom. The second kappa shape index (κ2) is 7.91. The van der Waals surface area contributed by atoms with E-state index in [9.17, 15) is 0 Å². The molecule has 0 aliphatic rings. The lowest BCUT2D eigenvalue weighted by Crippen LogP contribution is -2.15. The summed E-state index contributed by atoms with van der Waals surface area (Å²) >= 11 is 0. The maximum Gasteiger partial charge on any atom is 0.115 e. The average Bonchev–Trinajstić information content (AvgIpc) is 2.30. The number of hydrogen-bond acceptors (Lipinski definition) is 3. The number of phenols is 1. The second-order valence-electron chi connectivity index (χ2n) is 3.69. The lowest BCUT2D eigenvalue weighted by atomic mass is 10.2. The highest BCUT2D eigenvalue weighted by atomic mass is 16.3. The molecule has 16 heavy (non-hydrogen) atoms. The number of nitrogens with one attached hydrogen (secondary N) is 1. The lowest BCUT2D eigenvalue weighted by Gasteiger charge is -1.99. The standard InChI is InChI=1S/C13H20N2O/c14-9-1-2-10-15-11-3-4-12-5-7-13(16)8-6-12/h3-8,15-16H,1-2,9-11,14H2/b4-3+. The zero-order chi connectivity index (χ0) is 11.6. The van der Waals surface area contributed by atoms with Crippen LogP contribution in [0.4, 0.5) is 0 Å². The molecule has 1 rings (SSSR count). The minimum Gasteiger partial charge on any atom is -0.508 e. The van der Waals surface area contributed by atoms with Gasteiger partial charge in [-0.1, -0.05) is 24.3 Å². The van der Waals surface area contributed by atoms with Crippen LogP contribution in [0, 0.1) is 0 Å². The fourth-order valence-electron chi connectivity index (χ4n) is 1.36. The van der Waals surface area contributed by atoms with Crippen LogP contribution in [0.3, 0.4) is 0 Å². The van der Waals surface area contributed by atoms with Crippen molar-refractivity contribution in [1.82, 2.24) is 5.32 Å². The molecule has 0 aromatic heterocycles. The Kier molecular flexibility index (Phi) is 6.30. The van der Waals surface area contributed by atoms with E-state index in [1.54, 1.807) is 12.1 Å². The number of hydrogen-bond donors (Lipinski definition) is 3. The third-order valence-electron chi connectivity index (χ3n) is 2.27. The Bertz CT molecular complexity index is 306. The molecule has 0 saturated heterocycles. The quantitative estimate of drug-likeness (QED) is 0.613. The van der Waals surface area contributed by atoms with E-state index in [2.05, 4.69) is 11.4 Å². The predicted octanol–water partition coefficient (Wildman–Crippen LogP) is 1.73. The number of aromatic hydroxyl groups is 1. The molecule has 0 fully saturated rings. The van der Waals surface area contributed by atoms with Crippen molar-refractivity contribution >= 4 is 6.08 Å². The minimum atomic E-state index is 0.303. The van der Waals surface area contributed by atoms with Gasteiger partial charge in [0, 0.05) is 6.54 Å². The number of unbranched alkanes of at least 4 members (excludes halogenated alkanes) is 1. The molecule has 1 aromatic carbocycles. The summed E-state index contributed by atoms with van der Waals surface area (Å²) in [6.45, 7) is 2.65. The molecule has 88 valence electrons. The molecule has 4 N–H and O–H groups in total. The largest absolute Gasteiger partial charge is 0.508 e. The fourth-order valence-corrected chi connectivity index (χ4v) is 1.36. The van der Waals surface area contributed by atoms with Crippen molar-refractivity contribution in [2.45, 2.75) is 12.8 Å². The second-order valence-corrected chi connectivity index (χ2v) is 3.69. The molecule has 0 aliphatic carbocycles. The molecule has 0 heterocycles. The first-order valence-corrected chi connectivity index (χ1v) is 5.69. The molecule has 0 amide bonds. The molecule has 0 unspecified atom stereocenters. The molecule has 3 heteroatoms. The molecule has 3 nitrogen and oxygen atoms in total. The first-order valence-electron chi connectivity index (χ1n) is 5.69. The Morgan fingerprint density at radius 3 is 2.62 bits per heavy atom. The summed E-state index contributed by atoms with van der Waals surface area (Å²) in [6, 6.07) is 7.16. The van der Waals surface area contributed by atoms with E-state index >= 15 is 0 Å². The summed E-state index contributed by atoms with van der Waals surface area (Å²) in [7, 11) is 0. The van der Waals surface area contributed by atoms with Crippen molar-refractivity contribution in [3.8, 4) is 5.75 Å². The molecule has 0 bridgehead atoms. The van der Waals surface area contributed by atoms with E-state index in [1.165, 1.54) is 0 Å². The topological polar surface area (TPSA) is 58.3 Å². The molecule has 0 spiro atoms. The molecular formula is C13H20N2O. The summed E-state index contributed by atoms with van der Waals surface area (Å²) in [6.07, 6.45) is 6.32. The first-order chi connectivity index (χ1) is 7.83. The summed E-state index contributed by atoms with van der Waals surface area (Å²) in [5, 5.41) is 12.4. The normalized spacial score (nSPS) is 11.1. The van der Waals surface area contributed by atoms with Crippen molar-refractivity contribution in [2.24, 2.45) is 5.73 Å². The van der Waals surface area contributed by atoms with Crippen LogP contribution in [-0.2, 0) is 0 Å². The number of benzene rings is 1. The van der Waals surface area contributed by atoms with Gasteiger partial charge in [0.05, 0.1) is 0 Å². The Labute approximate surface area is 97.0 Å². The molecule has 0 saturated carbocycles. The van der Waals surface area contributed by atoms with Gasteiger partial charge in [-0.2, -0.15) is 0 Å². The highest BCUT2D eigenvalue weighted by Gasteiger charge is 1.88. The average molecular weight is 220 g/mol. The van der Waals surface area contributed by atoms with E-state index in [0.29, 0.717) is 5.75 Å². The van der Waals surface area contributed by atoms with Crippen LogP contribution in [0.25, 0.3) is 6.08 Å². The van der Waals surface area contributed by atoms with Crippen LogP contribution in [0.5, 0.6) is 5.75 Å². The van der Waals surface area contributed by atoms with E-state index in [1.807, 2.05) is 18.2 Å². The SMILES string of the molecule is NCCCCNC/C=C/c1ccc(O)cc1. The Morgan fingerprint density at radius 1 is 1.19 bits per heavy atom. The summed E-state index contributed by atoms with van der Waals surface area (Å²) in [4.78, 5) is 0. The van der Waals surface area contributed by atoms with E-state index in [-0.39, 0.29) is 0 Å². The minimum absolute atomic E-state index is 0.303. The van der Waals surface area contributed by atoms with Gasteiger partial charge in [-0.05, 0) is 43.6 Å². The fraction of sp³-hybridized carbons (Fsp3) is 0.385. The monoisotopic (exact) mass is 220 g/mol. The summed E-state index contributed by atoms with van der Waals surface area (Å²) in [5.41, 5.74) is 6.49. The van der Waals surface area contributed by atoms with Gasteiger partial charge in [0.15, 0.2) is 0 Å². The van der Waals surface area contributed by atoms with Crippen LogP contribution >= 0.6 is 0 Å².